The van der Waals surface area contributed by atoms with Crippen molar-refractivity contribution in [2.45, 2.75) is 31.1 Å². The molecule has 2 aromatic heterocycles. The van der Waals surface area contributed by atoms with Gasteiger partial charge in [-0.3, -0.25) is 4.68 Å². The zero-order valence-corrected chi connectivity index (χ0v) is 21.2. The number of rotatable bonds is 4. The minimum absolute atomic E-state index is 0.269. The Hall–Kier alpha value is -2.69. The van der Waals surface area contributed by atoms with Gasteiger partial charge in [0.15, 0.2) is 5.65 Å². The SMILES string of the molecule is C[C@H]1CN(c2ccnc3c2cnn3C)Cc2ccc(N3CCN(S(=O)(=O)C4CCNC4)CC3)cc21. The summed E-state index contributed by atoms with van der Waals surface area (Å²) < 4.78 is 29.4. The normalized spacial score (nSPS) is 23.7. The third-order valence-electron chi connectivity index (χ3n) is 7.87. The maximum absolute atomic E-state index is 13.0. The molecule has 1 aromatic carbocycles. The largest absolute Gasteiger partial charge is 0.369 e. The van der Waals surface area contributed by atoms with Crippen LogP contribution in [0.5, 0.6) is 0 Å². The van der Waals surface area contributed by atoms with Crippen molar-refractivity contribution in [1.82, 2.24) is 24.4 Å². The maximum atomic E-state index is 13.0. The van der Waals surface area contributed by atoms with E-state index >= 15 is 0 Å². The van der Waals surface area contributed by atoms with Crippen molar-refractivity contribution in [3.05, 3.63) is 47.8 Å². The summed E-state index contributed by atoms with van der Waals surface area (Å²) in [5.41, 5.74) is 6.02. The predicted octanol–water partition coefficient (Wildman–Crippen LogP) is 1.91. The van der Waals surface area contributed by atoms with Gasteiger partial charge < -0.3 is 15.1 Å². The topological polar surface area (TPSA) is 86.6 Å². The van der Waals surface area contributed by atoms with Crippen molar-refractivity contribution >= 4 is 32.4 Å². The van der Waals surface area contributed by atoms with E-state index in [2.05, 4.69) is 56.4 Å². The molecule has 0 saturated carbocycles. The molecule has 35 heavy (non-hydrogen) atoms. The van der Waals surface area contributed by atoms with Crippen LogP contribution in [-0.4, -0.2) is 78.6 Å². The molecule has 10 heteroatoms. The maximum Gasteiger partial charge on any atom is 0.218 e. The lowest BCUT2D eigenvalue weighted by molar-refractivity contribution is 0.379. The van der Waals surface area contributed by atoms with Crippen LogP contribution in [-0.2, 0) is 23.6 Å². The lowest BCUT2D eigenvalue weighted by Crippen LogP contribution is -2.51. The number of nitrogens with one attached hydrogen (secondary N) is 1. The van der Waals surface area contributed by atoms with Gasteiger partial charge >= 0.3 is 0 Å². The van der Waals surface area contributed by atoms with Crippen molar-refractivity contribution in [2.75, 3.05) is 55.6 Å². The molecule has 0 aliphatic carbocycles. The highest BCUT2D eigenvalue weighted by molar-refractivity contribution is 7.89. The molecular weight excluding hydrogens is 462 g/mol. The van der Waals surface area contributed by atoms with Gasteiger partial charge in [-0.25, -0.2) is 13.4 Å². The van der Waals surface area contributed by atoms with E-state index in [1.54, 1.807) is 4.31 Å². The summed E-state index contributed by atoms with van der Waals surface area (Å²) >= 11 is 0. The number of benzene rings is 1. The Morgan fingerprint density at radius 1 is 1.09 bits per heavy atom. The molecular formula is C25H33N7O2S. The van der Waals surface area contributed by atoms with Crippen LogP contribution in [0.25, 0.3) is 11.0 Å². The number of hydrogen-bond donors (Lipinski definition) is 1. The van der Waals surface area contributed by atoms with E-state index in [4.69, 9.17) is 0 Å². The van der Waals surface area contributed by atoms with Crippen LogP contribution in [0.4, 0.5) is 11.4 Å². The lowest BCUT2D eigenvalue weighted by atomic mass is 9.90. The molecule has 1 N–H and O–H groups in total. The lowest BCUT2D eigenvalue weighted by Gasteiger charge is -2.38. The van der Waals surface area contributed by atoms with E-state index in [1.807, 2.05) is 24.1 Å². The van der Waals surface area contributed by atoms with Crippen LogP contribution in [0.1, 0.15) is 30.4 Å². The Labute approximate surface area is 206 Å². The average Bonchev–Trinajstić information content (AvgIpc) is 3.55. The van der Waals surface area contributed by atoms with E-state index < -0.39 is 10.0 Å². The molecule has 0 radical (unpaired) electrons. The molecule has 0 bridgehead atoms. The van der Waals surface area contributed by atoms with Gasteiger partial charge in [0, 0.05) is 64.7 Å². The monoisotopic (exact) mass is 495 g/mol. The van der Waals surface area contributed by atoms with Crippen molar-refractivity contribution in [3.8, 4) is 0 Å². The molecule has 0 spiro atoms. The molecule has 1 unspecified atom stereocenters. The molecule has 6 rings (SSSR count). The number of nitrogens with zero attached hydrogens (tertiary/aromatic N) is 6. The number of anilines is 2. The van der Waals surface area contributed by atoms with Gasteiger partial charge in [-0.15, -0.1) is 0 Å². The number of piperazine rings is 1. The third-order valence-corrected chi connectivity index (χ3v) is 10.2. The van der Waals surface area contributed by atoms with Crippen LogP contribution in [0.15, 0.2) is 36.7 Å². The van der Waals surface area contributed by atoms with E-state index in [1.165, 1.54) is 22.5 Å². The molecule has 5 heterocycles. The Morgan fingerprint density at radius 3 is 2.69 bits per heavy atom. The highest BCUT2D eigenvalue weighted by Crippen LogP contribution is 2.36. The molecule has 3 aliphatic rings. The fourth-order valence-electron chi connectivity index (χ4n) is 5.87. The van der Waals surface area contributed by atoms with Gasteiger partial charge in [0.05, 0.1) is 22.5 Å². The number of hydrogen-bond acceptors (Lipinski definition) is 7. The summed E-state index contributed by atoms with van der Waals surface area (Å²) in [6, 6.07) is 8.87. The summed E-state index contributed by atoms with van der Waals surface area (Å²) in [7, 11) is -1.28. The minimum Gasteiger partial charge on any atom is -0.369 e. The Kier molecular flexibility index (Phi) is 5.69. The number of aromatic nitrogens is 3. The Morgan fingerprint density at radius 2 is 1.91 bits per heavy atom. The van der Waals surface area contributed by atoms with Gasteiger partial charge in [0.25, 0.3) is 0 Å². The van der Waals surface area contributed by atoms with Crippen molar-refractivity contribution in [3.63, 3.8) is 0 Å². The predicted molar refractivity (Wildman–Crippen MR) is 138 cm³/mol. The van der Waals surface area contributed by atoms with Crippen LogP contribution >= 0.6 is 0 Å². The molecule has 2 fully saturated rings. The summed E-state index contributed by atoms with van der Waals surface area (Å²) in [5, 5.41) is 8.40. The minimum atomic E-state index is -3.21. The second kappa shape index (κ2) is 8.76. The summed E-state index contributed by atoms with van der Waals surface area (Å²) in [6.45, 7) is 8.03. The zero-order chi connectivity index (χ0) is 24.2. The van der Waals surface area contributed by atoms with Crippen molar-refractivity contribution < 1.29 is 8.42 Å². The standard InChI is InChI=1S/C25H33N7O2S/c1-18-16-31(24-6-8-27-25-23(24)15-28-29(25)2)17-19-3-4-20(13-22(18)19)30-9-11-32(12-10-30)35(33,34)21-5-7-26-14-21/h3-4,6,8,13,15,18,21,26H,5,7,9-12,14,16-17H2,1-2H3/t18-,21?/m0/s1. The van der Waals surface area contributed by atoms with E-state index in [9.17, 15) is 8.42 Å². The van der Waals surface area contributed by atoms with Crippen molar-refractivity contribution in [2.24, 2.45) is 7.05 Å². The second-order valence-corrected chi connectivity index (χ2v) is 12.3. The first-order valence-electron chi connectivity index (χ1n) is 12.5. The van der Waals surface area contributed by atoms with Gasteiger partial charge in [0.1, 0.15) is 0 Å². The van der Waals surface area contributed by atoms with E-state index in [0.29, 0.717) is 32.0 Å². The summed E-state index contributed by atoms with van der Waals surface area (Å²) in [4.78, 5) is 9.25. The Balaban J connectivity index is 1.18. The number of pyridine rings is 1. The van der Waals surface area contributed by atoms with Crippen LogP contribution in [0, 0.1) is 0 Å². The molecule has 9 nitrogen and oxygen atoms in total. The molecule has 3 aromatic rings. The number of fused-ring (bicyclic) bond motifs is 2. The van der Waals surface area contributed by atoms with Gasteiger partial charge in [-0.1, -0.05) is 13.0 Å². The average molecular weight is 496 g/mol. The van der Waals surface area contributed by atoms with E-state index in [-0.39, 0.29) is 5.25 Å². The van der Waals surface area contributed by atoms with Gasteiger partial charge in [-0.2, -0.15) is 9.40 Å². The number of sulfonamides is 1. The first-order chi connectivity index (χ1) is 16.9. The highest BCUT2D eigenvalue weighted by Gasteiger charge is 2.36. The number of aryl methyl sites for hydroxylation is 1. The Bertz CT molecular complexity index is 1340. The second-order valence-electron chi connectivity index (χ2n) is 10.0. The van der Waals surface area contributed by atoms with Gasteiger partial charge in [0.2, 0.25) is 10.0 Å². The first-order valence-corrected chi connectivity index (χ1v) is 14.0. The fraction of sp³-hybridized carbons (Fsp3) is 0.520. The summed E-state index contributed by atoms with van der Waals surface area (Å²) in [6.07, 6.45) is 4.49. The summed E-state index contributed by atoms with van der Waals surface area (Å²) in [5.74, 6) is 0.384. The first kappa shape index (κ1) is 22.8. The van der Waals surface area contributed by atoms with Crippen LogP contribution < -0.4 is 15.1 Å². The quantitative estimate of drug-likeness (QED) is 0.592. The smallest absolute Gasteiger partial charge is 0.218 e. The highest BCUT2D eigenvalue weighted by atomic mass is 32.2. The van der Waals surface area contributed by atoms with Gasteiger partial charge in [-0.05, 0) is 48.2 Å². The zero-order valence-electron chi connectivity index (χ0n) is 20.4. The van der Waals surface area contributed by atoms with Crippen molar-refractivity contribution in [1.29, 1.82) is 0 Å². The third kappa shape index (κ3) is 3.97. The van der Waals surface area contributed by atoms with Crippen LogP contribution in [0.2, 0.25) is 0 Å². The van der Waals surface area contributed by atoms with Crippen LogP contribution in [0.3, 0.4) is 0 Å². The van der Waals surface area contributed by atoms with E-state index in [0.717, 1.165) is 43.8 Å². The molecule has 2 saturated heterocycles. The molecule has 0 amide bonds. The molecule has 186 valence electrons. The molecule has 3 aliphatic heterocycles. The molecule has 2 atom stereocenters. The fourth-order valence-corrected chi connectivity index (χ4v) is 7.71.